The number of anilines is 1. The molecule has 0 spiro atoms. The van der Waals surface area contributed by atoms with Crippen molar-refractivity contribution >= 4 is 34.8 Å². The van der Waals surface area contributed by atoms with E-state index < -0.39 is 6.09 Å². The highest BCUT2D eigenvalue weighted by Crippen LogP contribution is 2.40. The third kappa shape index (κ3) is 3.24. The van der Waals surface area contributed by atoms with Gasteiger partial charge in [-0.25, -0.2) is 19.3 Å². The Morgan fingerprint density at radius 1 is 1.33 bits per heavy atom. The fourth-order valence-corrected chi connectivity index (χ4v) is 3.78. The maximum Gasteiger partial charge on any atom is 0.413 e. The van der Waals surface area contributed by atoms with Gasteiger partial charge < -0.3 is 5.11 Å². The Kier molecular flexibility index (Phi) is 4.35. The largest absolute Gasteiger partial charge is 0.465 e. The van der Waals surface area contributed by atoms with Crippen molar-refractivity contribution in [1.82, 2.24) is 29.2 Å². The van der Waals surface area contributed by atoms with Crippen LogP contribution in [0, 0.1) is 0 Å². The molecule has 1 fully saturated rings. The molecular weight excluding hydrogens is 406 g/mol. The molecular formula is C20H20ClN7O2. The minimum atomic E-state index is -1.15. The molecule has 0 aromatic carbocycles. The van der Waals surface area contributed by atoms with Crippen LogP contribution >= 0.6 is 11.6 Å². The molecule has 0 atom stereocenters. The second-order valence-corrected chi connectivity index (χ2v) is 8.25. The first-order valence-corrected chi connectivity index (χ1v) is 10.2. The molecule has 4 aromatic heterocycles. The minimum Gasteiger partial charge on any atom is -0.465 e. The lowest BCUT2D eigenvalue weighted by Crippen LogP contribution is -2.31. The third-order valence-electron chi connectivity index (χ3n) is 5.33. The number of amides is 1. The molecule has 1 aliphatic rings. The van der Waals surface area contributed by atoms with E-state index >= 15 is 0 Å². The third-order valence-corrected chi connectivity index (χ3v) is 5.53. The molecule has 4 aromatic rings. The zero-order valence-electron chi connectivity index (χ0n) is 16.5. The molecule has 4 heterocycles. The van der Waals surface area contributed by atoms with Gasteiger partial charge in [-0.2, -0.15) is 9.61 Å². The number of nitrogens with zero attached hydrogens (tertiary/aromatic N) is 7. The lowest BCUT2D eigenvalue weighted by Gasteiger charge is -2.18. The highest BCUT2D eigenvalue weighted by Gasteiger charge is 2.25. The van der Waals surface area contributed by atoms with Crippen LogP contribution in [0.4, 0.5) is 10.6 Å². The zero-order chi connectivity index (χ0) is 21.0. The number of rotatable bonds is 5. The van der Waals surface area contributed by atoms with Crippen molar-refractivity contribution in [3.8, 4) is 0 Å². The quantitative estimate of drug-likeness (QED) is 0.483. The highest BCUT2D eigenvalue weighted by molar-refractivity contribution is 6.29. The average molecular weight is 426 g/mol. The average Bonchev–Trinajstić information content (AvgIpc) is 3.32. The van der Waals surface area contributed by atoms with E-state index in [1.807, 2.05) is 32.2 Å². The van der Waals surface area contributed by atoms with E-state index in [2.05, 4.69) is 20.2 Å². The zero-order valence-corrected chi connectivity index (χ0v) is 17.3. The summed E-state index contributed by atoms with van der Waals surface area (Å²) in [6, 6.07) is 5.55. The van der Waals surface area contributed by atoms with Gasteiger partial charge >= 0.3 is 6.09 Å². The van der Waals surface area contributed by atoms with E-state index in [1.165, 1.54) is 29.0 Å². The van der Waals surface area contributed by atoms with Crippen LogP contribution in [0.5, 0.6) is 0 Å². The second-order valence-electron chi connectivity index (χ2n) is 7.86. The Labute approximate surface area is 176 Å². The van der Waals surface area contributed by atoms with Crippen molar-refractivity contribution in [2.24, 2.45) is 0 Å². The summed E-state index contributed by atoms with van der Waals surface area (Å²) in [6.45, 7) is 4.00. The second kappa shape index (κ2) is 6.94. The van der Waals surface area contributed by atoms with Crippen LogP contribution in [0.15, 0.2) is 30.6 Å². The summed E-state index contributed by atoms with van der Waals surface area (Å²) < 4.78 is 3.16. The summed E-state index contributed by atoms with van der Waals surface area (Å²) in [6.07, 6.45) is 4.80. The predicted molar refractivity (Wildman–Crippen MR) is 111 cm³/mol. The number of carboxylic acid groups (broad SMARTS) is 1. The van der Waals surface area contributed by atoms with Gasteiger partial charge in [0.2, 0.25) is 0 Å². The molecule has 154 valence electrons. The van der Waals surface area contributed by atoms with Crippen molar-refractivity contribution in [2.45, 2.75) is 45.1 Å². The predicted octanol–water partition coefficient (Wildman–Crippen LogP) is 4.11. The van der Waals surface area contributed by atoms with Crippen molar-refractivity contribution in [2.75, 3.05) is 4.90 Å². The van der Waals surface area contributed by atoms with Gasteiger partial charge in [-0.05, 0) is 42.4 Å². The Bertz CT molecular complexity index is 1280. The molecule has 30 heavy (non-hydrogen) atoms. The van der Waals surface area contributed by atoms with E-state index in [9.17, 15) is 9.90 Å². The standard InChI is InChI=1S/C20H20ClN7O2/c1-11(2)14-9-22-28-18(8-15(21)23-19(14)28)26(20(29)30)10-16-24-17-7-13(12-3-4-12)5-6-27(17)25-16/h5-9,11-12H,3-4,10H2,1-2H3,(H,29,30). The summed E-state index contributed by atoms with van der Waals surface area (Å²) in [5, 5.41) is 18.9. The molecule has 5 rings (SSSR count). The summed E-state index contributed by atoms with van der Waals surface area (Å²) in [7, 11) is 0. The van der Waals surface area contributed by atoms with Gasteiger partial charge in [0.25, 0.3) is 0 Å². The van der Waals surface area contributed by atoms with Gasteiger partial charge in [0.1, 0.15) is 11.0 Å². The van der Waals surface area contributed by atoms with Crippen LogP contribution in [0.1, 0.15) is 55.5 Å². The van der Waals surface area contributed by atoms with Crippen molar-refractivity contribution in [3.05, 3.63) is 52.7 Å². The fourth-order valence-electron chi connectivity index (χ4n) is 3.60. The highest BCUT2D eigenvalue weighted by atomic mass is 35.5. The summed E-state index contributed by atoms with van der Waals surface area (Å²) in [5.41, 5.74) is 3.38. The molecule has 0 aliphatic heterocycles. The molecule has 0 bridgehead atoms. The molecule has 0 saturated heterocycles. The smallest absolute Gasteiger partial charge is 0.413 e. The Balaban J connectivity index is 1.55. The normalized spacial score (nSPS) is 14.1. The van der Waals surface area contributed by atoms with Crippen molar-refractivity contribution < 1.29 is 9.90 Å². The van der Waals surface area contributed by atoms with E-state index in [0.717, 1.165) is 10.5 Å². The van der Waals surface area contributed by atoms with Crippen LogP contribution in [-0.4, -0.2) is 40.4 Å². The van der Waals surface area contributed by atoms with Crippen LogP contribution in [0.25, 0.3) is 11.3 Å². The van der Waals surface area contributed by atoms with Crippen molar-refractivity contribution in [3.63, 3.8) is 0 Å². The van der Waals surface area contributed by atoms with E-state index in [-0.39, 0.29) is 17.6 Å². The van der Waals surface area contributed by atoms with Crippen LogP contribution < -0.4 is 4.90 Å². The number of halogens is 1. The fraction of sp³-hybridized carbons (Fsp3) is 0.350. The van der Waals surface area contributed by atoms with Gasteiger partial charge in [0.15, 0.2) is 17.1 Å². The molecule has 10 heteroatoms. The summed E-state index contributed by atoms with van der Waals surface area (Å²) in [5.74, 6) is 1.46. The number of pyridine rings is 1. The van der Waals surface area contributed by atoms with Gasteiger partial charge in [0, 0.05) is 17.8 Å². The van der Waals surface area contributed by atoms with E-state index in [4.69, 9.17) is 11.6 Å². The summed E-state index contributed by atoms with van der Waals surface area (Å²) in [4.78, 5) is 22.1. The van der Waals surface area contributed by atoms with Gasteiger partial charge in [-0.3, -0.25) is 4.90 Å². The monoisotopic (exact) mass is 425 g/mol. The molecule has 1 N–H and O–H groups in total. The van der Waals surface area contributed by atoms with E-state index in [0.29, 0.717) is 28.9 Å². The number of hydrogen-bond acceptors (Lipinski definition) is 5. The van der Waals surface area contributed by atoms with Gasteiger partial charge in [0.05, 0.1) is 12.7 Å². The SMILES string of the molecule is CC(C)c1cnn2c(N(Cc3nc4cc(C5CC5)ccn4n3)C(=O)O)cc(Cl)nc12. The molecule has 0 radical (unpaired) electrons. The molecule has 9 nitrogen and oxygen atoms in total. The lowest BCUT2D eigenvalue weighted by molar-refractivity contribution is 0.201. The van der Waals surface area contributed by atoms with Crippen molar-refractivity contribution in [1.29, 1.82) is 0 Å². The first-order chi connectivity index (χ1) is 14.4. The minimum absolute atomic E-state index is 0.0396. The van der Waals surface area contributed by atoms with Crippen LogP contribution in [0.2, 0.25) is 5.15 Å². The maximum absolute atomic E-state index is 12.1. The van der Waals surface area contributed by atoms with Gasteiger partial charge in [-0.15, -0.1) is 5.10 Å². The molecule has 1 amide bonds. The first-order valence-electron chi connectivity index (χ1n) is 9.80. The maximum atomic E-state index is 12.1. The van der Waals surface area contributed by atoms with Crippen LogP contribution in [-0.2, 0) is 6.54 Å². The first kappa shape index (κ1) is 18.8. The van der Waals surface area contributed by atoms with Crippen LogP contribution in [0.3, 0.4) is 0 Å². The lowest BCUT2D eigenvalue weighted by atomic mass is 10.1. The Morgan fingerprint density at radius 2 is 2.13 bits per heavy atom. The molecule has 0 unspecified atom stereocenters. The number of aromatic nitrogens is 6. The molecule has 1 saturated carbocycles. The number of carbonyl (C=O) groups is 1. The Morgan fingerprint density at radius 3 is 2.83 bits per heavy atom. The molecule has 1 aliphatic carbocycles. The number of hydrogen-bond donors (Lipinski definition) is 1. The topological polar surface area (TPSA) is 101 Å². The Hall–Kier alpha value is -3.20. The summed E-state index contributed by atoms with van der Waals surface area (Å²) >= 11 is 6.22. The van der Waals surface area contributed by atoms with Gasteiger partial charge in [-0.1, -0.05) is 25.4 Å². The van der Waals surface area contributed by atoms with E-state index in [1.54, 1.807) is 10.7 Å². The number of fused-ring (bicyclic) bond motifs is 2.